The molecule has 27 heavy (non-hydrogen) atoms. The summed E-state index contributed by atoms with van der Waals surface area (Å²) in [7, 11) is -2.42. The molecule has 148 valence electrons. The molecule has 11 heteroatoms. The highest BCUT2D eigenvalue weighted by molar-refractivity contribution is 7.55. The van der Waals surface area contributed by atoms with E-state index >= 15 is 0 Å². The summed E-state index contributed by atoms with van der Waals surface area (Å²) >= 11 is 0. The average molecular weight is 403 g/mol. The molecule has 2 aromatic rings. The molecule has 0 bridgehead atoms. The molecule has 0 unspecified atom stereocenters. The first-order chi connectivity index (χ1) is 12.9. The van der Waals surface area contributed by atoms with Gasteiger partial charge >= 0.3 is 13.8 Å². The number of hydrogen-bond acceptors (Lipinski definition) is 7. The van der Waals surface area contributed by atoms with Crippen LogP contribution in [0.25, 0.3) is 0 Å². The highest BCUT2D eigenvalue weighted by Gasteiger charge is 2.26. The van der Waals surface area contributed by atoms with Crippen molar-refractivity contribution in [3.8, 4) is 11.8 Å². The zero-order valence-electron chi connectivity index (χ0n) is 15.1. The fourth-order valence-corrected chi connectivity index (χ4v) is 3.32. The van der Waals surface area contributed by atoms with Gasteiger partial charge < -0.3 is 9.47 Å². The van der Waals surface area contributed by atoms with Crippen LogP contribution in [-0.2, 0) is 20.2 Å². The smallest absolute Gasteiger partial charge is 0.433 e. The van der Waals surface area contributed by atoms with Gasteiger partial charge in [0.15, 0.2) is 23.2 Å². The van der Waals surface area contributed by atoms with Crippen molar-refractivity contribution in [3.63, 3.8) is 0 Å². The number of anilines is 1. The second-order valence-electron chi connectivity index (χ2n) is 5.05. The van der Waals surface area contributed by atoms with E-state index in [2.05, 4.69) is 15.1 Å². The highest BCUT2D eigenvalue weighted by atomic mass is 31.2. The molecular weight excluding hydrogens is 383 g/mol. The molecule has 0 aliphatic heterocycles. The standard InChI is InChI=1S/C16H20F2N3O5P/c1-4-25-27(22,26-5-2)21-15-13(18)9-19-16(20-15)24-10-11-6-7-14(23-3)12(17)8-11/h6-9H,4-5,10H2,1-3H3,(H,19,20,21,22). The quantitative estimate of drug-likeness (QED) is 0.597. The average Bonchev–Trinajstić information content (AvgIpc) is 2.63. The van der Waals surface area contributed by atoms with Gasteiger partial charge in [-0.05, 0) is 31.5 Å². The number of nitrogens with one attached hydrogen (secondary N) is 1. The zero-order chi connectivity index (χ0) is 19.9. The van der Waals surface area contributed by atoms with Gasteiger partial charge in [-0.1, -0.05) is 6.07 Å². The van der Waals surface area contributed by atoms with Crippen LogP contribution in [-0.4, -0.2) is 30.3 Å². The van der Waals surface area contributed by atoms with Gasteiger partial charge in [-0.3, -0.25) is 14.1 Å². The molecule has 0 radical (unpaired) electrons. The highest BCUT2D eigenvalue weighted by Crippen LogP contribution is 2.47. The number of nitrogens with zero attached hydrogens (tertiary/aromatic N) is 2. The van der Waals surface area contributed by atoms with Crippen molar-refractivity contribution in [1.29, 1.82) is 0 Å². The van der Waals surface area contributed by atoms with Crippen molar-refractivity contribution in [2.45, 2.75) is 20.5 Å². The number of methoxy groups -OCH3 is 1. The fraction of sp³-hybridized carbons (Fsp3) is 0.375. The number of aromatic nitrogens is 2. The maximum Gasteiger partial charge on any atom is 0.433 e. The van der Waals surface area contributed by atoms with E-state index in [0.29, 0.717) is 5.56 Å². The lowest BCUT2D eigenvalue weighted by molar-refractivity contribution is 0.224. The Morgan fingerprint density at radius 2 is 1.85 bits per heavy atom. The maximum absolute atomic E-state index is 13.9. The SMILES string of the molecule is CCOP(=O)(Nc1nc(OCc2ccc(OC)c(F)c2)ncc1F)OCC. The van der Waals surface area contributed by atoms with Gasteiger partial charge in [-0.25, -0.2) is 18.3 Å². The molecule has 8 nitrogen and oxygen atoms in total. The summed E-state index contributed by atoms with van der Waals surface area (Å²) in [6.45, 7) is 3.34. The van der Waals surface area contributed by atoms with Crippen LogP contribution in [0.2, 0.25) is 0 Å². The van der Waals surface area contributed by atoms with E-state index in [1.807, 2.05) is 0 Å². The second kappa shape index (κ2) is 9.59. The summed E-state index contributed by atoms with van der Waals surface area (Å²) in [6.07, 6.45) is 0.849. The minimum Gasteiger partial charge on any atom is -0.494 e. The van der Waals surface area contributed by atoms with E-state index < -0.39 is 25.2 Å². The van der Waals surface area contributed by atoms with Gasteiger partial charge in [0.25, 0.3) is 0 Å². The molecule has 0 saturated heterocycles. The minimum atomic E-state index is -3.78. The molecule has 0 saturated carbocycles. The summed E-state index contributed by atoms with van der Waals surface area (Å²) in [4.78, 5) is 7.52. The monoisotopic (exact) mass is 403 g/mol. The van der Waals surface area contributed by atoms with Crippen LogP contribution in [0.5, 0.6) is 11.8 Å². The summed E-state index contributed by atoms with van der Waals surface area (Å²) < 4.78 is 60.3. The zero-order valence-corrected chi connectivity index (χ0v) is 16.0. The van der Waals surface area contributed by atoms with Gasteiger partial charge in [0, 0.05) is 0 Å². The summed E-state index contributed by atoms with van der Waals surface area (Å²) in [5.74, 6) is -1.70. The lowest BCUT2D eigenvalue weighted by Gasteiger charge is -2.18. The minimum absolute atomic E-state index is 0.0689. The molecule has 0 aliphatic rings. The first-order valence-corrected chi connectivity index (χ1v) is 9.60. The van der Waals surface area contributed by atoms with Crippen molar-refractivity contribution in [1.82, 2.24) is 9.97 Å². The fourth-order valence-electron chi connectivity index (χ4n) is 2.02. The maximum atomic E-state index is 13.9. The molecular formula is C16H20F2N3O5P. The molecule has 1 N–H and O–H groups in total. The lowest BCUT2D eigenvalue weighted by Crippen LogP contribution is -2.09. The van der Waals surface area contributed by atoms with Crippen molar-refractivity contribution < 1.29 is 31.9 Å². The van der Waals surface area contributed by atoms with Crippen molar-refractivity contribution >= 4 is 13.6 Å². The van der Waals surface area contributed by atoms with E-state index in [4.69, 9.17) is 18.5 Å². The predicted octanol–water partition coefficient (Wildman–Crippen LogP) is 3.94. The van der Waals surface area contributed by atoms with Gasteiger partial charge in [0.1, 0.15) is 6.61 Å². The van der Waals surface area contributed by atoms with Crippen molar-refractivity contribution in [2.24, 2.45) is 0 Å². The van der Waals surface area contributed by atoms with Crippen molar-refractivity contribution in [3.05, 3.63) is 41.6 Å². The Bertz CT molecular complexity index is 815. The van der Waals surface area contributed by atoms with Crippen LogP contribution in [0, 0.1) is 11.6 Å². The molecule has 0 atom stereocenters. The molecule has 1 aromatic carbocycles. The number of benzene rings is 1. The first kappa shape index (κ1) is 21.0. The number of halogens is 2. The lowest BCUT2D eigenvalue weighted by atomic mass is 10.2. The van der Waals surface area contributed by atoms with Crippen LogP contribution in [0.4, 0.5) is 14.6 Å². The van der Waals surface area contributed by atoms with E-state index in [0.717, 1.165) is 6.20 Å². The normalized spacial score (nSPS) is 11.3. The second-order valence-corrected chi connectivity index (χ2v) is 6.79. The van der Waals surface area contributed by atoms with Gasteiger partial charge in [0.2, 0.25) is 0 Å². The van der Waals surface area contributed by atoms with Crippen LogP contribution in [0.3, 0.4) is 0 Å². The van der Waals surface area contributed by atoms with Gasteiger partial charge in [-0.15, -0.1) is 0 Å². The Morgan fingerprint density at radius 1 is 1.15 bits per heavy atom. The number of hydrogen-bond donors (Lipinski definition) is 1. The molecule has 2 rings (SSSR count). The van der Waals surface area contributed by atoms with Crippen LogP contribution < -0.4 is 14.6 Å². The van der Waals surface area contributed by atoms with Gasteiger partial charge in [0.05, 0.1) is 26.5 Å². The van der Waals surface area contributed by atoms with Gasteiger partial charge in [-0.2, -0.15) is 4.98 Å². The Morgan fingerprint density at radius 3 is 2.44 bits per heavy atom. The topological polar surface area (TPSA) is 91.8 Å². The van der Waals surface area contributed by atoms with E-state index in [1.54, 1.807) is 19.9 Å². The van der Waals surface area contributed by atoms with E-state index in [1.165, 1.54) is 19.2 Å². The molecule has 1 heterocycles. The Hall–Kier alpha value is -2.29. The molecule has 0 fully saturated rings. The Labute approximate surface area is 155 Å². The largest absolute Gasteiger partial charge is 0.494 e. The van der Waals surface area contributed by atoms with Crippen LogP contribution in [0.15, 0.2) is 24.4 Å². The molecule has 1 aromatic heterocycles. The summed E-state index contributed by atoms with van der Waals surface area (Å²) in [6, 6.07) is 4.09. The summed E-state index contributed by atoms with van der Waals surface area (Å²) in [5, 5.41) is 2.32. The molecule has 0 spiro atoms. The Kier molecular flexibility index (Phi) is 7.46. The summed E-state index contributed by atoms with van der Waals surface area (Å²) in [5.41, 5.74) is 0.491. The third-order valence-electron chi connectivity index (χ3n) is 3.15. The third kappa shape index (κ3) is 5.85. The number of ether oxygens (including phenoxy) is 2. The van der Waals surface area contributed by atoms with Crippen LogP contribution in [0.1, 0.15) is 19.4 Å². The van der Waals surface area contributed by atoms with E-state index in [9.17, 15) is 13.3 Å². The molecule has 0 amide bonds. The number of rotatable bonds is 10. The predicted molar refractivity (Wildman–Crippen MR) is 93.8 cm³/mol. The first-order valence-electron chi connectivity index (χ1n) is 8.06. The van der Waals surface area contributed by atoms with Crippen molar-refractivity contribution in [2.75, 3.05) is 25.4 Å². The molecule has 0 aliphatic carbocycles. The van der Waals surface area contributed by atoms with E-state index in [-0.39, 0.29) is 31.6 Å². The Balaban J connectivity index is 2.12. The van der Waals surface area contributed by atoms with Crippen LogP contribution >= 0.6 is 7.75 Å². The third-order valence-corrected chi connectivity index (χ3v) is 4.83.